The Bertz CT molecular complexity index is 804. The van der Waals surface area contributed by atoms with Crippen molar-refractivity contribution in [2.75, 3.05) is 0 Å². The lowest BCUT2D eigenvalue weighted by molar-refractivity contribution is -0.121. The van der Waals surface area contributed by atoms with E-state index in [1.807, 2.05) is 39.0 Å². The van der Waals surface area contributed by atoms with E-state index in [0.717, 1.165) is 16.8 Å². The minimum absolute atomic E-state index is 0.0606. The summed E-state index contributed by atoms with van der Waals surface area (Å²) < 4.78 is 0. The number of pyridine rings is 1. The maximum absolute atomic E-state index is 12.0. The van der Waals surface area contributed by atoms with Gasteiger partial charge in [-0.3, -0.25) is 14.4 Å². The number of nitrogens with one attached hydrogen (secondary N) is 2. The minimum atomic E-state index is -0.241. The Balaban J connectivity index is 1.87. The first-order chi connectivity index (χ1) is 11.4. The molecule has 1 aromatic carbocycles. The van der Waals surface area contributed by atoms with Crippen molar-refractivity contribution in [2.24, 2.45) is 0 Å². The van der Waals surface area contributed by atoms with Gasteiger partial charge in [-0.15, -0.1) is 0 Å². The first-order valence-corrected chi connectivity index (χ1v) is 7.93. The van der Waals surface area contributed by atoms with Crippen LogP contribution in [0.15, 0.2) is 35.1 Å². The van der Waals surface area contributed by atoms with Crippen LogP contribution in [0.2, 0.25) is 0 Å². The molecule has 0 bridgehead atoms. The summed E-state index contributed by atoms with van der Waals surface area (Å²) in [4.78, 5) is 38.6. The van der Waals surface area contributed by atoms with Crippen LogP contribution in [0.4, 0.5) is 0 Å². The van der Waals surface area contributed by atoms with Gasteiger partial charge in [-0.05, 0) is 32.4 Å². The predicted octanol–water partition coefficient (Wildman–Crippen LogP) is 2.58. The third-order valence-corrected chi connectivity index (χ3v) is 3.91. The van der Waals surface area contributed by atoms with Gasteiger partial charge in [0.05, 0.1) is 0 Å². The largest absolute Gasteiger partial charge is 0.352 e. The number of aromatic amines is 1. The number of carbonyl (C=O) groups excluding carboxylic acids is 2. The molecule has 0 unspecified atom stereocenters. The van der Waals surface area contributed by atoms with Crippen molar-refractivity contribution in [3.8, 4) is 0 Å². The van der Waals surface area contributed by atoms with Crippen LogP contribution in [-0.2, 0) is 11.3 Å². The van der Waals surface area contributed by atoms with Crippen molar-refractivity contribution < 1.29 is 9.59 Å². The fraction of sp³-hybridized carbons (Fsp3) is 0.316. The average molecular weight is 326 g/mol. The van der Waals surface area contributed by atoms with Gasteiger partial charge in [-0.25, -0.2) is 0 Å². The fourth-order valence-corrected chi connectivity index (χ4v) is 2.49. The molecule has 24 heavy (non-hydrogen) atoms. The molecule has 0 aliphatic carbocycles. The summed E-state index contributed by atoms with van der Waals surface area (Å²) in [5.41, 5.74) is 3.67. The average Bonchev–Trinajstić information content (AvgIpc) is 2.52. The van der Waals surface area contributed by atoms with E-state index in [9.17, 15) is 14.4 Å². The Morgan fingerprint density at radius 3 is 2.33 bits per heavy atom. The number of benzene rings is 1. The first-order valence-electron chi connectivity index (χ1n) is 7.93. The molecule has 2 N–H and O–H groups in total. The molecule has 2 aromatic rings. The summed E-state index contributed by atoms with van der Waals surface area (Å²) in [6, 6.07) is 9.15. The Labute approximate surface area is 141 Å². The molecule has 126 valence electrons. The second kappa shape index (κ2) is 7.73. The van der Waals surface area contributed by atoms with Gasteiger partial charge in [0, 0.05) is 36.2 Å². The number of rotatable bonds is 6. The number of ketones is 1. The molecule has 0 atom stereocenters. The highest BCUT2D eigenvalue weighted by Crippen LogP contribution is 2.08. The van der Waals surface area contributed by atoms with Crippen LogP contribution >= 0.6 is 0 Å². The summed E-state index contributed by atoms with van der Waals surface area (Å²) in [6.07, 6.45) is 0.258. The smallest absolute Gasteiger partial charge is 0.253 e. The fourth-order valence-electron chi connectivity index (χ4n) is 2.49. The third kappa shape index (κ3) is 4.65. The molecular weight excluding hydrogens is 304 g/mol. The van der Waals surface area contributed by atoms with Crippen molar-refractivity contribution >= 4 is 11.7 Å². The second-order valence-electron chi connectivity index (χ2n) is 6.01. The van der Waals surface area contributed by atoms with E-state index in [1.54, 1.807) is 12.1 Å². The molecule has 0 saturated heterocycles. The number of hydrogen-bond acceptors (Lipinski definition) is 3. The molecule has 0 aliphatic heterocycles. The van der Waals surface area contributed by atoms with E-state index in [0.29, 0.717) is 11.1 Å². The van der Waals surface area contributed by atoms with E-state index < -0.39 is 0 Å². The van der Waals surface area contributed by atoms with Gasteiger partial charge < -0.3 is 10.3 Å². The lowest BCUT2D eigenvalue weighted by Gasteiger charge is -2.08. The maximum Gasteiger partial charge on any atom is 0.253 e. The monoisotopic (exact) mass is 326 g/mol. The van der Waals surface area contributed by atoms with Crippen molar-refractivity contribution in [1.82, 2.24) is 10.3 Å². The Morgan fingerprint density at radius 1 is 1.04 bits per heavy atom. The highest BCUT2D eigenvalue weighted by molar-refractivity contribution is 5.97. The first kappa shape index (κ1) is 17.7. The lowest BCUT2D eigenvalue weighted by Crippen LogP contribution is -2.28. The van der Waals surface area contributed by atoms with Crippen LogP contribution in [0, 0.1) is 20.8 Å². The van der Waals surface area contributed by atoms with Crippen LogP contribution in [-0.4, -0.2) is 16.7 Å². The van der Waals surface area contributed by atoms with Crippen LogP contribution in [0.3, 0.4) is 0 Å². The Kier molecular flexibility index (Phi) is 5.68. The number of H-pyrrole nitrogens is 1. The van der Waals surface area contributed by atoms with Crippen molar-refractivity contribution in [2.45, 2.75) is 40.2 Å². The predicted molar refractivity (Wildman–Crippen MR) is 93.1 cm³/mol. The topological polar surface area (TPSA) is 79.0 Å². The summed E-state index contributed by atoms with van der Waals surface area (Å²) in [5.74, 6) is -0.302. The summed E-state index contributed by atoms with van der Waals surface area (Å²) in [7, 11) is 0. The minimum Gasteiger partial charge on any atom is -0.352 e. The molecule has 0 fully saturated rings. The van der Waals surface area contributed by atoms with Crippen LogP contribution in [0.25, 0.3) is 0 Å². The maximum atomic E-state index is 12.0. The number of Topliss-reactive ketones (excluding diaryl/α,β-unsaturated/α-hetero) is 1. The molecule has 5 nitrogen and oxygen atoms in total. The normalized spacial score (nSPS) is 10.5. The zero-order valence-corrected chi connectivity index (χ0v) is 14.2. The number of hydrogen-bond donors (Lipinski definition) is 2. The summed E-state index contributed by atoms with van der Waals surface area (Å²) >= 11 is 0. The number of amides is 1. The van der Waals surface area contributed by atoms with Crippen LogP contribution < -0.4 is 10.9 Å². The molecule has 1 aromatic heterocycles. The molecule has 2 rings (SSSR count). The standard InChI is InChI=1S/C19H22N2O3/c1-12-4-6-15(7-5-12)17(22)8-9-18(23)20-11-16-13(2)10-14(3)21-19(16)24/h4-7,10H,8-9,11H2,1-3H3,(H,20,23)(H,21,24). The van der Waals surface area contributed by atoms with Gasteiger partial charge in [0.1, 0.15) is 0 Å². The van der Waals surface area contributed by atoms with Gasteiger partial charge in [0.2, 0.25) is 5.91 Å². The van der Waals surface area contributed by atoms with Crippen molar-refractivity contribution in [3.05, 3.63) is 68.6 Å². The van der Waals surface area contributed by atoms with E-state index >= 15 is 0 Å². The van der Waals surface area contributed by atoms with Gasteiger partial charge >= 0.3 is 0 Å². The van der Waals surface area contributed by atoms with Crippen molar-refractivity contribution in [3.63, 3.8) is 0 Å². The highest BCUT2D eigenvalue weighted by Gasteiger charge is 2.11. The third-order valence-electron chi connectivity index (χ3n) is 3.91. The molecule has 5 heteroatoms. The van der Waals surface area contributed by atoms with E-state index in [1.165, 1.54) is 0 Å². The van der Waals surface area contributed by atoms with E-state index in [-0.39, 0.29) is 36.6 Å². The Hall–Kier alpha value is -2.69. The van der Waals surface area contributed by atoms with Gasteiger partial charge in [-0.2, -0.15) is 0 Å². The van der Waals surface area contributed by atoms with Crippen LogP contribution in [0.5, 0.6) is 0 Å². The number of carbonyl (C=O) groups is 2. The number of aromatic nitrogens is 1. The van der Waals surface area contributed by atoms with Crippen molar-refractivity contribution in [1.29, 1.82) is 0 Å². The molecule has 0 spiro atoms. The van der Waals surface area contributed by atoms with Gasteiger partial charge in [0.15, 0.2) is 5.78 Å². The van der Waals surface area contributed by atoms with E-state index in [4.69, 9.17) is 0 Å². The zero-order chi connectivity index (χ0) is 17.7. The highest BCUT2D eigenvalue weighted by atomic mass is 16.2. The molecule has 1 amide bonds. The molecule has 0 radical (unpaired) electrons. The Morgan fingerprint density at radius 2 is 1.71 bits per heavy atom. The molecule has 0 aliphatic rings. The molecule has 0 saturated carbocycles. The lowest BCUT2D eigenvalue weighted by atomic mass is 10.0. The molecular formula is C19H22N2O3. The van der Waals surface area contributed by atoms with Gasteiger partial charge in [0.25, 0.3) is 5.56 Å². The van der Waals surface area contributed by atoms with Gasteiger partial charge in [-0.1, -0.05) is 29.8 Å². The summed E-state index contributed by atoms with van der Waals surface area (Å²) in [5, 5.41) is 2.70. The summed E-state index contributed by atoms with van der Waals surface area (Å²) in [6.45, 7) is 5.77. The SMILES string of the molecule is Cc1ccc(C(=O)CCC(=O)NCc2c(C)cc(C)[nH]c2=O)cc1. The second-order valence-corrected chi connectivity index (χ2v) is 6.01. The molecule has 1 heterocycles. The van der Waals surface area contributed by atoms with E-state index in [2.05, 4.69) is 10.3 Å². The number of aryl methyl sites for hydroxylation is 3. The quantitative estimate of drug-likeness (QED) is 0.801. The van der Waals surface area contributed by atoms with Crippen LogP contribution in [0.1, 0.15) is 45.6 Å². The zero-order valence-electron chi connectivity index (χ0n) is 14.2.